The number of nitrogens with zero attached hydrogens (tertiary/aromatic N) is 1. The maximum Gasteiger partial charge on any atom is 0.191 e. The maximum absolute atomic E-state index is 11.5. The first-order valence-electron chi connectivity index (χ1n) is 7.52. The molecule has 1 unspecified atom stereocenters. The largest absolute Gasteiger partial charge is 0.357 e. The van der Waals surface area contributed by atoms with Gasteiger partial charge in [0.2, 0.25) is 0 Å². The number of rotatable bonds is 6. The number of hydrogen-bond acceptors (Lipinski definition) is 4. The molecule has 1 aliphatic heterocycles. The van der Waals surface area contributed by atoms with E-state index in [1.807, 2.05) is 25.1 Å². The highest BCUT2D eigenvalue weighted by Crippen LogP contribution is 2.16. The molecule has 0 amide bonds. The third-order valence-electron chi connectivity index (χ3n) is 3.29. The van der Waals surface area contributed by atoms with Gasteiger partial charge in [-0.3, -0.25) is 4.99 Å². The van der Waals surface area contributed by atoms with E-state index in [0.29, 0.717) is 18.9 Å². The van der Waals surface area contributed by atoms with Crippen LogP contribution < -0.4 is 10.6 Å². The number of guanidine groups is 1. The molecule has 1 heterocycles. The highest BCUT2D eigenvalue weighted by atomic mass is 32.2. The number of nitrogens with one attached hydrogen (secondary N) is 2. The summed E-state index contributed by atoms with van der Waals surface area (Å²) in [4.78, 5) is 5.75. The molecular weight excluding hydrogens is 318 g/mol. The van der Waals surface area contributed by atoms with E-state index >= 15 is 0 Å². The molecule has 0 bridgehead atoms. The minimum atomic E-state index is -2.87. The monoisotopic (exact) mass is 341 g/mol. The van der Waals surface area contributed by atoms with Crippen LogP contribution in [0.1, 0.15) is 13.3 Å². The summed E-state index contributed by atoms with van der Waals surface area (Å²) in [5.74, 6) is 2.08. The average molecular weight is 342 g/mol. The Labute approximate surface area is 136 Å². The fourth-order valence-corrected chi connectivity index (χ4v) is 4.70. The SMILES string of the molecule is CCNC(=NCCSc1ccccc1)NC1CCS(=O)(=O)C1. The fraction of sp³-hybridized carbons (Fsp3) is 0.533. The van der Waals surface area contributed by atoms with E-state index in [1.165, 1.54) is 4.90 Å². The molecule has 1 aliphatic rings. The van der Waals surface area contributed by atoms with Gasteiger partial charge in [0.05, 0.1) is 18.1 Å². The third kappa shape index (κ3) is 5.88. The van der Waals surface area contributed by atoms with E-state index in [-0.39, 0.29) is 17.5 Å². The zero-order valence-electron chi connectivity index (χ0n) is 12.8. The Bertz CT molecular complexity index is 588. The Morgan fingerprint density at radius 3 is 2.77 bits per heavy atom. The highest BCUT2D eigenvalue weighted by molar-refractivity contribution is 7.99. The summed E-state index contributed by atoms with van der Waals surface area (Å²) < 4.78 is 23.0. The molecule has 5 nitrogen and oxygen atoms in total. The number of benzene rings is 1. The average Bonchev–Trinajstić information content (AvgIpc) is 2.84. The number of hydrogen-bond donors (Lipinski definition) is 2. The van der Waals surface area contributed by atoms with Crippen LogP contribution in [0.3, 0.4) is 0 Å². The van der Waals surface area contributed by atoms with Gasteiger partial charge in [0.1, 0.15) is 0 Å². The second-order valence-corrected chi connectivity index (χ2v) is 8.56. The van der Waals surface area contributed by atoms with Crippen molar-refractivity contribution >= 4 is 27.6 Å². The van der Waals surface area contributed by atoms with Gasteiger partial charge in [-0.1, -0.05) is 18.2 Å². The number of thioether (sulfide) groups is 1. The second-order valence-electron chi connectivity index (χ2n) is 5.17. The molecule has 1 saturated heterocycles. The van der Waals surface area contributed by atoms with Crippen LogP contribution in [-0.2, 0) is 9.84 Å². The summed E-state index contributed by atoms with van der Waals surface area (Å²) in [5.41, 5.74) is 0. The molecule has 0 spiro atoms. The zero-order valence-corrected chi connectivity index (χ0v) is 14.4. The minimum Gasteiger partial charge on any atom is -0.357 e. The lowest BCUT2D eigenvalue weighted by Gasteiger charge is -2.15. The molecule has 0 radical (unpaired) electrons. The van der Waals surface area contributed by atoms with E-state index in [0.717, 1.165) is 12.3 Å². The lowest BCUT2D eigenvalue weighted by atomic mass is 10.3. The molecule has 2 rings (SSSR count). The van der Waals surface area contributed by atoms with Crippen LogP contribution in [-0.4, -0.2) is 50.8 Å². The first-order chi connectivity index (χ1) is 10.6. The summed E-state index contributed by atoms with van der Waals surface area (Å²) in [5, 5.41) is 6.39. The van der Waals surface area contributed by atoms with Gasteiger partial charge in [-0.25, -0.2) is 8.42 Å². The van der Waals surface area contributed by atoms with Gasteiger partial charge in [-0.15, -0.1) is 11.8 Å². The fourth-order valence-electron chi connectivity index (χ4n) is 2.26. The lowest BCUT2D eigenvalue weighted by molar-refractivity contribution is 0.599. The molecule has 0 aromatic heterocycles. The van der Waals surface area contributed by atoms with E-state index in [9.17, 15) is 8.42 Å². The first-order valence-corrected chi connectivity index (χ1v) is 10.3. The summed E-state index contributed by atoms with van der Waals surface area (Å²) in [6.07, 6.45) is 0.658. The van der Waals surface area contributed by atoms with E-state index < -0.39 is 9.84 Å². The molecule has 2 N–H and O–H groups in total. The van der Waals surface area contributed by atoms with Gasteiger partial charge in [-0.05, 0) is 25.5 Å². The summed E-state index contributed by atoms with van der Waals surface area (Å²) in [6, 6.07) is 10.2. The predicted octanol–water partition coefficient (Wildman–Crippen LogP) is 1.52. The van der Waals surface area contributed by atoms with Gasteiger partial charge < -0.3 is 10.6 Å². The molecule has 0 aliphatic carbocycles. The normalized spacial score (nSPS) is 20.8. The Kier molecular flexibility index (Phi) is 6.57. The quantitative estimate of drug-likeness (QED) is 0.355. The van der Waals surface area contributed by atoms with Crippen LogP contribution in [0.2, 0.25) is 0 Å². The molecule has 1 atom stereocenters. The van der Waals surface area contributed by atoms with E-state index in [4.69, 9.17) is 0 Å². The topological polar surface area (TPSA) is 70.6 Å². The van der Waals surface area contributed by atoms with Crippen LogP contribution in [0.15, 0.2) is 40.2 Å². The maximum atomic E-state index is 11.5. The highest BCUT2D eigenvalue weighted by Gasteiger charge is 2.28. The first kappa shape index (κ1) is 17.1. The van der Waals surface area contributed by atoms with Crippen molar-refractivity contribution in [2.45, 2.75) is 24.3 Å². The molecule has 1 aromatic rings. The molecule has 22 heavy (non-hydrogen) atoms. The zero-order chi connectivity index (χ0) is 15.8. The Hall–Kier alpha value is -1.21. The van der Waals surface area contributed by atoms with Crippen molar-refractivity contribution in [3.8, 4) is 0 Å². The number of aliphatic imine (C=N–C) groups is 1. The molecular formula is C15H23N3O2S2. The van der Waals surface area contributed by atoms with Crippen molar-refractivity contribution in [1.82, 2.24) is 10.6 Å². The van der Waals surface area contributed by atoms with Crippen LogP contribution in [0.5, 0.6) is 0 Å². The van der Waals surface area contributed by atoms with Crippen molar-refractivity contribution in [1.29, 1.82) is 0 Å². The van der Waals surface area contributed by atoms with Crippen LogP contribution >= 0.6 is 11.8 Å². The van der Waals surface area contributed by atoms with Crippen LogP contribution in [0, 0.1) is 0 Å². The van der Waals surface area contributed by atoms with Crippen LogP contribution in [0.4, 0.5) is 0 Å². The van der Waals surface area contributed by atoms with Gasteiger partial charge >= 0.3 is 0 Å². The van der Waals surface area contributed by atoms with Crippen LogP contribution in [0.25, 0.3) is 0 Å². The van der Waals surface area contributed by atoms with Crippen molar-refractivity contribution in [2.75, 3.05) is 30.3 Å². The molecule has 1 fully saturated rings. The molecule has 122 valence electrons. The smallest absolute Gasteiger partial charge is 0.191 e. The van der Waals surface area contributed by atoms with Crippen molar-refractivity contribution in [3.05, 3.63) is 30.3 Å². The Balaban J connectivity index is 1.80. The van der Waals surface area contributed by atoms with Gasteiger partial charge in [0, 0.05) is 23.2 Å². The number of sulfone groups is 1. The second kappa shape index (κ2) is 8.43. The lowest BCUT2D eigenvalue weighted by Crippen LogP contribution is -2.44. The third-order valence-corrected chi connectivity index (χ3v) is 6.05. The molecule has 0 saturated carbocycles. The van der Waals surface area contributed by atoms with E-state index in [1.54, 1.807) is 11.8 Å². The Morgan fingerprint density at radius 1 is 1.36 bits per heavy atom. The van der Waals surface area contributed by atoms with E-state index in [2.05, 4.69) is 27.8 Å². The van der Waals surface area contributed by atoms with Gasteiger partial charge in [0.15, 0.2) is 15.8 Å². The minimum absolute atomic E-state index is 0.0235. The summed E-state index contributed by atoms with van der Waals surface area (Å²) in [7, 11) is -2.87. The molecule has 7 heteroatoms. The van der Waals surface area contributed by atoms with Crippen molar-refractivity contribution in [3.63, 3.8) is 0 Å². The van der Waals surface area contributed by atoms with Gasteiger partial charge in [0.25, 0.3) is 0 Å². The van der Waals surface area contributed by atoms with Crippen molar-refractivity contribution in [2.24, 2.45) is 4.99 Å². The standard InChI is InChI=1S/C15H23N3O2S2/c1-2-16-15(18-13-8-11-22(19,20)12-13)17-9-10-21-14-6-4-3-5-7-14/h3-7,13H,2,8-12H2,1H3,(H2,16,17,18). The van der Waals surface area contributed by atoms with Gasteiger partial charge in [-0.2, -0.15) is 0 Å². The predicted molar refractivity (Wildman–Crippen MR) is 93.3 cm³/mol. The van der Waals surface area contributed by atoms with Crippen molar-refractivity contribution < 1.29 is 8.42 Å². The Morgan fingerprint density at radius 2 is 2.14 bits per heavy atom. The summed E-state index contributed by atoms with van der Waals surface area (Å²) >= 11 is 1.76. The summed E-state index contributed by atoms with van der Waals surface area (Å²) in [6.45, 7) is 3.45. The molecule has 1 aromatic carbocycles.